The highest BCUT2D eigenvalue weighted by atomic mass is 19.1. The number of morpholine rings is 1. The Labute approximate surface area is 171 Å². The summed E-state index contributed by atoms with van der Waals surface area (Å²) in [6, 6.07) is 15.3. The standard InChI is InChI=1S/C23H28FN3O2/c24-20-5-1-19(2-6-20)16-27(22-9-10-22)17-23(28)25-21-7-3-18(4-8-21)15-26-11-13-29-14-12-26/h1-8,22H,9-17H2,(H,25,28)/p+2. The van der Waals surface area contributed by atoms with Gasteiger partial charge in [-0.1, -0.05) is 24.3 Å². The van der Waals surface area contributed by atoms with Gasteiger partial charge in [-0.05, 0) is 24.3 Å². The van der Waals surface area contributed by atoms with Gasteiger partial charge in [0.15, 0.2) is 6.54 Å². The zero-order chi connectivity index (χ0) is 20.1. The van der Waals surface area contributed by atoms with Crippen molar-refractivity contribution < 1.29 is 23.7 Å². The highest BCUT2D eigenvalue weighted by molar-refractivity contribution is 5.91. The first-order chi connectivity index (χ1) is 14.2. The van der Waals surface area contributed by atoms with E-state index in [0.717, 1.165) is 63.5 Å². The van der Waals surface area contributed by atoms with Crippen LogP contribution in [0, 0.1) is 5.82 Å². The fourth-order valence-electron chi connectivity index (χ4n) is 3.95. The molecule has 2 aromatic carbocycles. The van der Waals surface area contributed by atoms with Crippen LogP contribution >= 0.6 is 0 Å². The molecule has 3 N–H and O–H groups in total. The molecule has 1 unspecified atom stereocenters. The summed E-state index contributed by atoms with van der Waals surface area (Å²) < 4.78 is 18.5. The summed E-state index contributed by atoms with van der Waals surface area (Å²) in [5, 5.41) is 3.03. The Balaban J connectivity index is 1.29. The van der Waals surface area contributed by atoms with Gasteiger partial charge in [-0.15, -0.1) is 0 Å². The fraction of sp³-hybridized carbons (Fsp3) is 0.435. The van der Waals surface area contributed by atoms with Crippen molar-refractivity contribution in [3.05, 3.63) is 65.5 Å². The van der Waals surface area contributed by atoms with E-state index >= 15 is 0 Å². The van der Waals surface area contributed by atoms with Crippen LogP contribution in [0.4, 0.5) is 10.1 Å². The Morgan fingerprint density at radius 1 is 1.03 bits per heavy atom. The predicted molar refractivity (Wildman–Crippen MR) is 109 cm³/mol. The van der Waals surface area contributed by atoms with Gasteiger partial charge in [-0.25, -0.2) is 4.39 Å². The van der Waals surface area contributed by atoms with E-state index in [1.807, 2.05) is 24.3 Å². The van der Waals surface area contributed by atoms with Crippen LogP contribution in [0.25, 0.3) is 0 Å². The van der Waals surface area contributed by atoms with Crippen LogP contribution in [-0.2, 0) is 22.6 Å². The number of hydrogen-bond acceptors (Lipinski definition) is 2. The number of nitrogens with one attached hydrogen (secondary N) is 3. The van der Waals surface area contributed by atoms with Crippen LogP contribution in [0.1, 0.15) is 24.0 Å². The highest BCUT2D eigenvalue weighted by Gasteiger charge is 2.34. The van der Waals surface area contributed by atoms with Gasteiger partial charge < -0.3 is 19.9 Å². The van der Waals surface area contributed by atoms with Crippen LogP contribution in [0.15, 0.2) is 48.5 Å². The minimum absolute atomic E-state index is 0.0283. The zero-order valence-corrected chi connectivity index (χ0v) is 16.8. The van der Waals surface area contributed by atoms with Gasteiger partial charge in [0.2, 0.25) is 0 Å². The second kappa shape index (κ2) is 9.48. The molecule has 1 saturated carbocycles. The number of benzene rings is 2. The molecule has 154 valence electrons. The zero-order valence-electron chi connectivity index (χ0n) is 16.8. The van der Waals surface area contributed by atoms with E-state index in [2.05, 4.69) is 17.4 Å². The third-order valence-corrected chi connectivity index (χ3v) is 5.78. The van der Waals surface area contributed by atoms with Crippen molar-refractivity contribution in [3.8, 4) is 0 Å². The van der Waals surface area contributed by atoms with Crippen LogP contribution < -0.4 is 15.1 Å². The summed E-state index contributed by atoms with van der Waals surface area (Å²) in [6.45, 7) is 5.94. The second-order valence-electron chi connectivity index (χ2n) is 8.20. The molecule has 29 heavy (non-hydrogen) atoms. The molecule has 1 aliphatic heterocycles. The van der Waals surface area contributed by atoms with Gasteiger partial charge in [0.05, 0.1) is 19.3 Å². The maximum atomic E-state index is 13.1. The van der Waals surface area contributed by atoms with Crippen LogP contribution in [-0.4, -0.2) is 44.8 Å². The van der Waals surface area contributed by atoms with Gasteiger partial charge in [-0.3, -0.25) is 4.79 Å². The first-order valence-electron chi connectivity index (χ1n) is 10.5. The quantitative estimate of drug-likeness (QED) is 0.603. The molecule has 1 heterocycles. The van der Waals surface area contributed by atoms with Crippen LogP contribution in [0.2, 0.25) is 0 Å². The summed E-state index contributed by atoms with van der Waals surface area (Å²) in [6.07, 6.45) is 2.31. The van der Waals surface area contributed by atoms with Crippen molar-refractivity contribution in [3.63, 3.8) is 0 Å². The lowest BCUT2D eigenvalue weighted by Crippen LogP contribution is -3.13. The van der Waals surface area contributed by atoms with Crippen molar-refractivity contribution >= 4 is 11.6 Å². The van der Waals surface area contributed by atoms with Crippen molar-refractivity contribution in [2.45, 2.75) is 32.0 Å². The maximum Gasteiger partial charge on any atom is 0.279 e. The SMILES string of the molecule is O=C(C[NH+](Cc1ccc(F)cc1)C1CC1)Nc1ccc(C[NH+]2CCOCC2)cc1. The maximum absolute atomic E-state index is 13.1. The first-order valence-corrected chi connectivity index (χ1v) is 10.5. The van der Waals surface area contributed by atoms with E-state index in [1.54, 1.807) is 0 Å². The van der Waals surface area contributed by atoms with Gasteiger partial charge >= 0.3 is 0 Å². The lowest BCUT2D eigenvalue weighted by molar-refractivity contribution is -0.921. The Morgan fingerprint density at radius 3 is 2.34 bits per heavy atom. The summed E-state index contributed by atoms with van der Waals surface area (Å²) in [4.78, 5) is 15.4. The molecule has 6 heteroatoms. The third kappa shape index (κ3) is 6.10. The van der Waals surface area contributed by atoms with Gasteiger partial charge in [0.25, 0.3) is 5.91 Å². The van der Waals surface area contributed by atoms with Gasteiger partial charge in [-0.2, -0.15) is 0 Å². The Kier molecular flexibility index (Phi) is 6.54. The minimum atomic E-state index is -0.224. The average molecular weight is 400 g/mol. The number of amides is 1. The topological polar surface area (TPSA) is 47.2 Å². The van der Waals surface area contributed by atoms with E-state index in [0.29, 0.717) is 12.6 Å². The molecule has 0 spiro atoms. The summed E-state index contributed by atoms with van der Waals surface area (Å²) in [5.74, 6) is -0.196. The lowest BCUT2D eigenvalue weighted by atomic mass is 10.2. The molecule has 2 fully saturated rings. The van der Waals surface area contributed by atoms with Gasteiger partial charge in [0.1, 0.15) is 32.0 Å². The molecule has 0 radical (unpaired) electrons. The number of quaternary nitrogens is 2. The molecule has 4 rings (SSSR count). The van der Waals surface area contributed by atoms with Gasteiger partial charge in [0, 0.05) is 29.7 Å². The molecule has 1 amide bonds. The van der Waals surface area contributed by atoms with E-state index in [4.69, 9.17) is 4.74 Å². The smallest absolute Gasteiger partial charge is 0.279 e. The molecule has 5 nitrogen and oxygen atoms in total. The first kappa shape index (κ1) is 20.0. The molecular weight excluding hydrogens is 369 g/mol. The summed E-state index contributed by atoms with van der Waals surface area (Å²) in [7, 11) is 0. The largest absolute Gasteiger partial charge is 0.370 e. The molecule has 1 saturated heterocycles. The van der Waals surface area contributed by atoms with Crippen LogP contribution in [0.5, 0.6) is 0 Å². The Morgan fingerprint density at radius 2 is 1.69 bits per heavy atom. The number of carbonyl (C=O) groups excluding carboxylic acids is 1. The molecule has 2 aromatic rings. The van der Waals surface area contributed by atoms with Crippen molar-refractivity contribution in [1.29, 1.82) is 0 Å². The number of carbonyl (C=O) groups is 1. The highest BCUT2D eigenvalue weighted by Crippen LogP contribution is 2.16. The summed E-state index contributed by atoms with van der Waals surface area (Å²) in [5.41, 5.74) is 3.19. The van der Waals surface area contributed by atoms with Crippen molar-refractivity contribution in [2.24, 2.45) is 0 Å². The molecule has 1 aliphatic carbocycles. The lowest BCUT2D eigenvalue weighted by Gasteiger charge is -2.23. The molecule has 0 aromatic heterocycles. The van der Waals surface area contributed by atoms with E-state index in [1.165, 1.54) is 27.5 Å². The minimum Gasteiger partial charge on any atom is -0.370 e. The monoisotopic (exact) mass is 399 g/mol. The number of rotatable bonds is 8. The average Bonchev–Trinajstić information content (AvgIpc) is 3.57. The van der Waals surface area contributed by atoms with Crippen molar-refractivity contribution in [2.75, 3.05) is 38.2 Å². The van der Waals surface area contributed by atoms with E-state index in [9.17, 15) is 9.18 Å². The number of anilines is 1. The summed E-state index contributed by atoms with van der Waals surface area (Å²) >= 11 is 0. The van der Waals surface area contributed by atoms with Crippen molar-refractivity contribution in [1.82, 2.24) is 0 Å². The normalized spacial score (nSPS) is 18.4. The fourth-order valence-corrected chi connectivity index (χ4v) is 3.95. The number of halogens is 1. The Hall–Kier alpha value is -2.28. The second-order valence-corrected chi connectivity index (χ2v) is 8.20. The number of ether oxygens (including phenoxy) is 1. The molecule has 0 bridgehead atoms. The Bertz CT molecular complexity index is 800. The third-order valence-electron chi connectivity index (χ3n) is 5.78. The molecular formula is C23H30FN3O2+2. The molecule has 2 aliphatic rings. The van der Waals surface area contributed by atoms with E-state index < -0.39 is 0 Å². The number of hydrogen-bond donors (Lipinski definition) is 3. The predicted octanol–water partition coefficient (Wildman–Crippen LogP) is 0.427. The van der Waals surface area contributed by atoms with E-state index in [-0.39, 0.29) is 11.7 Å². The molecule has 1 atom stereocenters. The van der Waals surface area contributed by atoms with Crippen LogP contribution in [0.3, 0.4) is 0 Å².